The molecule has 0 saturated carbocycles. The zero-order valence-electron chi connectivity index (χ0n) is 24.3. The topological polar surface area (TPSA) is 149 Å². The van der Waals surface area contributed by atoms with E-state index in [9.17, 15) is 32.7 Å². The molecule has 0 aliphatic rings. The number of carbonyl (C=O) groups is 3. The van der Waals surface area contributed by atoms with E-state index in [1.807, 2.05) is 0 Å². The van der Waals surface area contributed by atoms with E-state index in [0.29, 0.717) is 33.0 Å². The Balaban J connectivity index is 1.28. The number of nitrogens with zero attached hydrogens (tertiary/aromatic N) is 1. The molecule has 0 saturated heterocycles. The minimum absolute atomic E-state index is 0.0868. The van der Waals surface area contributed by atoms with Crippen LogP contribution in [-0.2, 0) is 17.5 Å². The zero-order chi connectivity index (χ0) is 33.3. The van der Waals surface area contributed by atoms with Gasteiger partial charge in [-0.2, -0.15) is 18.3 Å². The molecule has 3 amide bonds. The predicted molar refractivity (Wildman–Crippen MR) is 168 cm³/mol. The highest BCUT2D eigenvalue weighted by Crippen LogP contribution is 2.40. The number of rotatable bonds is 13. The van der Waals surface area contributed by atoms with Gasteiger partial charge in [-0.1, -0.05) is 24.3 Å². The lowest BCUT2D eigenvalue weighted by atomic mass is 10.1. The summed E-state index contributed by atoms with van der Waals surface area (Å²) in [6.45, 7) is 2.45. The minimum Gasteiger partial charge on any atom is -0.506 e. The van der Waals surface area contributed by atoms with Crippen LogP contribution < -0.4 is 16.1 Å². The molecule has 242 valence electrons. The third-order valence-corrected chi connectivity index (χ3v) is 8.55. The Morgan fingerprint density at radius 2 is 1.57 bits per heavy atom. The molecule has 5 N–H and O–H groups in total. The van der Waals surface area contributed by atoms with E-state index in [4.69, 9.17) is 9.84 Å². The summed E-state index contributed by atoms with van der Waals surface area (Å²) in [5, 5.41) is 30.5. The largest absolute Gasteiger partial charge is 0.506 e. The standard InChI is InChI=1S/C31H29F3N4O6S2/c1-18(23-17-45-27(26(23)40)20-6-8-22(9-7-20)31(32,33)34)37-38-30(43)25-11-10-24(46-25)29(42)36-16-19-2-4-21(5-3-19)28(41)35-12-14-44-15-13-39/h2-11,17,39-40H,12-16H2,1H3,(H,35,41)(H,36,42)(H,38,43)/b37-18+. The van der Waals surface area contributed by atoms with Gasteiger partial charge in [0.2, 0.25) is 0 Å². The van der Waals surface area contributed by atoms with E-state index in [2.05, 4.69) is 21.2 Å². The maximum Gasteiger partial charge on any atom is 0.416 e. The van der Waals surface area contributed by atoms with E-state index in [-0.39, 0.29) is 48.6 Å². The van der Waals surface area contributed by atoms with E-state index in [0.717, 1.165) is 40.4 Å². The molecular formula is C31H29F3N4O6S2. The van der Waals surface area contributed by atoms with Crippen LogP contribution in [0.4, 0.5) is 13.2 Å². The average molecular weight is 675 g/mol. The number of nitrogens with one attached hydrogen (secondary N) is 3. The summed E-state index contributed by atoms with van der Waals surface area (Å²) in [6.07, 6.45) is -4.47. The number of hydrogen-bond acceptors (Lipinski definition) is 9. The zero-order valence-corrected chi connectivity index (χ0v) is 25.9. The minimum atomic E-state index is -4.47. The molecule has 10 nitrogen and oxygen atoms in total. The van der Waals surface area contributed by atoms with E-state index < -0.39 is 23.6 Å². The molecule has 0 atom stereocenters. The number of aromatic hydroxyl groups is 1. The number of carbonyl (C=O) groups excluding carboxylic acids is 3. The van der Waals surface area contributed by atoms with Crippen LogP contribution in [0.15, 0.2) is 71.1 Å². The van der Waals surface area contributed by atoms with Crippen molar-refractivity contribution in [2.24, 2.45) is 5.10 Å². The summed E-state index contributed by atoms with van der Waals surface area (Å²) < 4.78 is 43.7. The van der Waals surface area contributed by atoms with Gasteiger partial charge in [0, 0.05) is 24.0 Å². The van der Waals surface area contributed by atoms with Crippen molar-refractivity contribution in [3.8, 4) is 16.2 Å². The maximum absolute atomic E-state index is 12.9. The van der Waals surface area contributed by atoms with Crippen molar-refractivity contribution >= 4 is 46.1 Å². The number of hydrogen-bond donors (Lipinski definition) is 5. The molecule has 4 aromatic rings. The van der Waals surface area contributed by atoms with Gasteiger partial charge in [-0.25, -0.2) is 5.43 Å². The van der Waals surface area contributed by atoms with Crippen molar-refractivity contribution in [2.75, 3.05) is 26.4 Å². The van der Waals surface area contributed by atoms with Gasteiger partial charge in [0.15, 0.2) is 0 Å². The molecular weight excluding hydrogens is 645 g/mol. The fraction of sp³-hybridized carbons (Fsp3) is 0.226. The molecule has 0 radical (unpaired) electrons. The van der Waals surface area contributed by atoms with Crippen LogP contribution in [0.3, 0.4) is 0 Å². The van der Waals surface area contributed by atoms with Crippen LogP contribution in [0, 0.1) is 0 Å². The normalized spacial score (nSPS) is 11.7. The molecule has 0 aliphatic carbocycles. The first kappa shape index (κ1) is 34.3. The number of alkyl halides is 3. The summed E-state index contributed by atoms with van der Waals surface area (Å²) in [4.78, 5) is 38.4. The summed E-state index contributed by atoms with van der Waals surface area (Å²) >= 11 is 2.08. The molecule has 2 aromatic carbocycles. The highest BCUT2D eigenvalue weighted by Gasteiger charge is 2.30. The summed E-state index contributed by atoms with van der Waals surface area (Å²) in [5.74, 6) is -1.42. The average Bonchev–Trinajstić information content (AvgIpc) is 3.69. The smallest absolute Gasteiger partial charge is 0.416 e. The van der Waals surface area contributed by atoms with Crippen molar-refractivity contribution in [1.82, 2.24) is 16.1 Å². The Labute approximate surface area is 269 Å². The third-order valence-electron chi connectivity index (χ3n) is 6.44. The van der Waals surface area contributed by atoms with Gasteiger partial charge in [-0.15, -0.1) is 22.7 Å². The van der Waals surface area contributed by atoms with Crippen molar-refractivity contribution in [1.29, 1.82) is 0 Å². The molecule has 46 heavy (non-hydrogen) atoms. The second kappa shape index (κ2) is 15.6. The number of benzene rings is 2. The summed E-state index contributed by atoms with van der Waals surface area (Å²) in [5.41, 5.74) is 3.77. The number of aliphatic hydroxyl groups is 1. The molecule has 0 fully saturated rings. The first-order chi connectivity index (χ1) is 22.0. The number of hydrazone groups is 1. The number of aliphatic hydroxyl groups excluding tert-OH is 1. The van der Waals surface area contributed by atoms with Crippen LogP contribution in [0.25, 0.3) is 10.4 Å². The Morgan fingerprint density at radius 3 is 2.22 bits per heavy atom. The number of amides is 3. The molecule has 0 bridgehead atoms. The molecule has 2 heterocycles. The molecule has 0 aliphatic heterocycles. The van der Waals surface area contributed by atoms with Crippen molar-refractivity contribution in [3.63, 3.8) is 0 Å². The van der Waals surface area contributed by atoms with Gasteiger partial charge >= 0.3 is 6.18 Å². The van der Waals surface area contributed by atoms with E-state index in [1.54, 1.807) is 36.6 Å². The van der Waals surface area contributed by atoms with Gasteiger partial charge in [0.1, 0.15) is 5.75 Å². The summed E-state index contributed by atoms with van der Waals surface area (Å²) in [7, 11) is 0. The quantitative estimate of drug-likeness (QED) is 0.0764. The van der Waals surface area contributed by atoms with Crippen LogP contribution in [0.5, 0.6) is 5.75 Å². The lowest BCUT2D eigenvalue weighted by Crippen LogP contribution is -2.27. The molecule has 0 spiro atoms. The van der Waals surface area contributed by atoms with Gasteiger partial charge in [0.25, 0.3) is 17.7 Å². The monoisotopic (exact) mass is 674 g/mol. The van der Waals surface area contributed by atoms with E-state index in [1.165, 1.54) is 24.3 Å². The lowest BCUT2D eigenvalue weighted by Gasteiger charge is -2.07. The maximum atomic E-state index is 12.9. The fourth-order valence-electron chi connectivity index (χ4n) is 4.00. The highest BCUT2D eigenvalue weighted by molar-refractivity contribution is 7.16. The first-order valence-electron chi connectivity index (χ1n) is 13.7. The Bertz CT molecular complexity index is 1700. The van der Waals surface area contributed by atoms with Crippen LogP contribution >= 0.6 is 22.7 Å². The molecule has 0 unspecified atom stereocenters. The Morgan fingerprint density at radius 1 is 0.891 bits per heavy atom. The van der Waals surface area contributed by atoms with Gasteiger partial charge in [-0.3, -0.25) is 14.4 Å². The second-order valence-electron chi connectivity index (χ2n) is 9.68. The van der Waals surface area contributed by atoms with Gasteiger partial charge in [-0.05, 0) is 54.4 Å². The van der Waals surface area contributed by atoms with Gasteiger partial charge in [0.05, 0.1) is 51.3 Å². The number of thiophene rings is 2. The number of halogens is 3. The highest BCUT2D eigenvalue weighted by atomic mass is 32.1. The van der Waals surface area contributed by atoms with Crippen molar-refractivity contribution in [2.45, 2.75) is 19.6 Å². The Hall–Kier alpha value is -4.57. The molecule has 2 aromatic heterocycles. The Kier molecular flexibility index (Phi) is 11.7. The SMILES string of the molecule is C/C(=N\NC(=O)c1ccc(C(=O)NCc2ccc(C(=O)NCCOCCO)cc2)s1)c1csc(-c2ccc(C(F)(F)F)cc2)c1O. The van der Waals surface area contributed by atoms with Gasteiger partial charge < -0.3 is 25.6 Å². The lowest BCUT2D eigenvalue weighted by molar-refractivity contribution is -0.137. The second-order valence-corrected chi connectivity index (χ2v) is 11.6. The van der Waals surface area contributed by atoms with Crippen molar-refractivity contribution in [3.05, 3.63) is 98.1 Å². The summed E-state index contributed by atoms with van der Waals surface area (Å²) in [6, 6.07) is 14.1. The van der Waals surface area contributed by atoms with Crippen LogP contribution in [-0.4, -0.2) is 60.0 Å². The molecule has 15 heteroatoms. The third kappa shape index (κ3) is 9.00. The van der Waals surface area contributed by atoms with Crippen molar-refractivity contribution < 1.29 is 42.5 Å². The predicted octanol–water partition coefficient (Wildman–Crippen LogP) is 5.02. The number of ether oxygens (including phenoxy) is 1. The van der Waals surface area contributed by atoms with E-state index >= 15 is 0 Å². The molecule has 4 rings (SSSR count). The van der Waals surface area contributed by atoms with Crippen LogP contribution in [0.2, 0.25) is 0 Å². The first-order valence-corrected chi connectivity index (χ1v) is 15.4. The van der Waals surface area contributed by atoms with Crippen LogP contribution in [0.1, 0.15) is 53.3 Å². The fourth-order valence-corrected chi connectivity index (χ4v) is 5.83.